The molecule has 4 N–H and O–H groups in total. The second-order valence-corrected chi connectivity index (χ2v) is 5.52. The summed E-state index contributed by atoms with van der Waals surface area (Å²) in [5, 5.41) is 12.7. The maximum absolute atomic E-state index is 12.2. The number of hydrogen-bond acceptors (Lipinski definition) is 3. The summed E-state index contributed by atoms with van der Waals surface area (Å²) in [4.78, 5) is 12.2. The molecule has 0 unspecified atom stereocenters. The van der Waals surface area contributed by atoms with E-state index in [0.717, 1.165) is 15.6 Å². The van der Waals surface area contributed by atoms with Crippen LogP contribution >= 0.6 is 15.9 Å². The standard InChI is InChI=1S/C15H15BrN2O2/c1-8-5-9(2)14(19)13(6-8)18-15(20)10-3-4-11(16)12(17)7-10/h3-7,19H,17H2,1-2H3,(H,18,20). The van der Waals surface area contributed by atoms with E-state index in [4.69, 9.17) is 5.73 Å². The van der Waals surface area contributed by atoms with Crippen molar-refractivity contribution in [2.24, 2.45) is 0 Å². The van der Waals surface area contributed by atoms with Crippen LogP contribution in [-0.4, -0.2) is 11.0 Å². The Bertz CT molecular complexity index is 684. The molecule has 0 heterocycles. The first-order chi connectivity index (χ1) is 9.38. The number of benzene rings is 2. The van der Waals surface area contributed by atoms with Gasteiger partial charge in [0.2, 0.25) is 0 Å². The number of anilines is 2. The highest BCUT2D eigenvalue weighted by atomic mass is 79.9. The lowest BCUT2D eigenvalue weighted by molar-refractivity contribution is 0.102. The minimum Gasteiger partial charge on any atom is -0.505 e. The van der Waals surface area contributed by atoms with Gasteiger partial charge in [-0.2, -0.15) is 0 Å². The first kappa shape index (κ1) is 14.4. The molecule has 4 nitrogen and oxygen atoms in total. The van der Waals surface area contributed by atoms with Gasteiger partial charge < -0.3 is 16.2 Å². The number of nitrogen functional groups attached to an aromatic ring is 1. The van der Waals surface area contributed by atoms with Crippen LogP contribution in [0, 0.1) is 13.8 Å². The molecule has 0 atom stereocenters. The third-order valence-corrected chi connectivity index (χ3v) is 3.67. The van der Waals surface area contributed by atoms with Crippen molar-refractivity contribution in [2.45, 2.75) is 13.8 Å². The Kier molecular flexibility index (Phi) is 3.99. The summed E-state index contributed by atoms with van der Waals surface area (Å²) in [7, 11) is 0. The number of phenols is 1. The van der Waals surface area contributed by atoms with Crippen LogP contribution in [0.15, 0.2) is 34.8 Å². The fraction of sp³-hybridized carbons (Fsp3) is 0.133. The van der Waals surface area contributed by atoms with Gasteiger partial charge in [0.15, 0.2) is 0 Å². The molecule has 0 spiro atoms. The highest BCUT2D eigenvalue weighted by molar-refractivity contribution is 9.10. The molecule has 2 rings (SSSR count). The third-order valence-electron chi connectivity index (χ3n) is 2.95. The number of aromatic hydroxyl groups is 1. The van der Waals surface area contributed by atoms with Crippen molar-refractivity contribution in [2.75, 3.05) is 11.1 Å². The average Bonchev–Trinajstić information content (AvgIpc) is 2.38. The lowest BCUT2D eigenvalue weighted by atomic mass is 10.1. The van der Waals surface area contributed by atoms with Gasteiger partial charge in [-0.15, -0.1) is 0 Å². The molecular formula is C15H15BrN2O2. The van der Waals surface area contributed by atoms with E-state index >= 15 is 0 Å². The number of nitrogens with one attached hydrogen (secondary N) is 1. The van der Waals surface area contributed by atoms with E-state index in [-0.39, 0.29) is 11.7 Å². The summed E-state index contributed by atoms with van der Waals surface area (Å²) in [6.07, 6.45) is 0. The Morgan fingerprint density at radius 3 is 2.60 bits per heavy atom. The molecule has 1 amide bonds. The molecule has 5 heteroatoms. The van der Waals surface area contributed by atoms with E-state index in [1.54, 1.807) is 31.2 Å². The molecular weight excluding hydrogens is 320 g/mol. The average molecular weight is 335 g/mol. The zero-order valence-electron chi connectivity index (χ0n) is 11.2. The Hall–Kier alpha value is -2.01. The summed E-state index contributed by atoms with van der Waals surface area (Å²) in [5.41, 5.74) is 8.76. The first-order valence-corrected chi connectivity index (χ1v) is 6.84. The van der Waals surface area contributed by atoms with Gasteiger partial charge in [0.05, 0.1) is 5.69 Å². The van der Waals surface area contributed by atoms with Crippen LogP contribution in [-0.2, 0) is 0 Å². The van der Waals surface area contributed by atoms with Crippen LogP contribution in [0.4, 0.5) is 11.4 Å². The number of phenolic OH excluding ortho intramolecular Hbond substituents is 1. The monoisotopic (exact) mass is 334 g/mol. The Morgan fingerprint density at radius 2 is 1.95 bits per heavy atom. The molecule has 0 saturated carbocycles. The topological polar surface area (TPSA) is 75.3 Å². The van der Waals surface area contributed by atoms with Crippen LogP contribution in [0.3, 0.4) is 0 Å². The van der Waals surface area contributed by atoms with Crippen LogP contribution in [0.2, 0.25) is 0 Å². The zero-order valence-corrected chi connectivity index (χ0v) is 12.8. The number of hydrogen-bond donors (Lipinski definition) is 3. The molecule has 2 aromatic carbocycles. The molecule has 20 heavy (non-hydrogen) atoms. The van der Waals surface area contributed by atoms with Crippen molar-refractivity contribution in [3.63, 3.8) is 0 Å². The van der Waals surface area contributed by atoms with Gasteiger partial charge in [0.1, 0.15) is 5.75 Å². The number of carbonyl (C=O) groups excluding carboxylic acids is 1. The Labute approximate surface area is 125 Å². The molecule has 2 aromatic rings. The molecule has 0 aliphatic carbocycles. The molecule has 0 aliphatic heterocycles. The van der Waals surface area contributed by atoms with Crippen molar-refractivity contribution >= 4 is 33.2 Å². The molecule has 0 fully saturated rings. The second-order valence-electron chi connectivity index (χ2n) is 4.67. The van der Waals surface area contributed by atoms with Crippen LogP contribution in [0.1, 0.15) is 21.5 Å². The maximum Gasteiger partial charge on any atom is 0.255 e. The SMILES string of the molecule is Cc1cc(C)c(O)c(NC(=O)c2ccc(Br)c(N)c2)c1. The molecule has 0 aromatic heterocycles. The summed E-state index contributed by atoms with van der Waals surface area (Å²) < 4.78 is 0.739. The first-order valence-electron chi connectivity index (χ1n) is 6.05. The maximum atomic E-state index is 12.2. The van der Waals surface area contributed by atoms with E-state index < -0.39 is 0 Å². The van der Waals surface area contributed by atoms with Gasteiger partial charge in [-0.05, 0) is 65.2 Å². The van der Waals surface area contributed by atoms with E-state index in [0.29, 0.717) is 16.9 Å². The third kappa shape index (κ3) is 2.93. The van der Waals surface area contributed by atoms with Crippen molar-refractivity contribution in [1.29, 1.82) is 0 Å². The molecule has 0 radical (unpaired) electrons. The largest absolute Gasteiger partial charge is 0.505 e. The lowest BCUT2D eigenvalue weighted by Crippen LogP contribution is -2.12. The van der Waals surface area contributed by atoms with Gasteiger partial charge in [-0.1, -0.05) is 6.07 Å². The van der Waals surface area contributed by atoms with Crippen LogP contribution < -0.4 is 11.1 Å². The van der Waals surface area contributed by atoms with Crippen molar-refractivity contribution in [3.8, 4) is 5.75 Å². The van der Waals surface area contributed by atoms with E-state index in [2.05, 4.69) is 21.2 Å². The minimum atomic E-state index is -0.315. The van der Waals surface area contributed by atoms with Crippen molar-refractivity contribution in [3.05, 3.63) is 51.5 Å². The normalized spacial score (nSPS) is 10.3. The predicted molar refractivity (Wildman–Crippen MR) is 84.1 cm³/mol. The lowest BCUT2D eigenvalue weighted by Gasteiger charge is -2.11. The molecule has 104 valence electrons. The molecule has 0 saturated heterocycles. The van der Waals surface area contributed by atoms with Crippen LogP contribution in [0.5, 0.6) is 5.75 Å². The minimum absolute atomic E-state index is 0.0778. The quantitative estimate of drug-likeness (QED) is 0.580. The predicted octanol–water partition coefficient (Wildman–Crippen LogP) is 3.61. The number of aryl methyl sites for hydroxylation is 2. The number of halogens is 1. The number of rotatable bonds is 2. The highest BCUT2D eigenvalue weighted by Gasteiger charge is 2.12. The zero-order chi connectivity index (χ0) is 14.9. The van der Waals surface area contributed by atoms with Crippen molar-refractivity contribution in [1.82, 2.24) is 0 Å². The van der Waals surface area contributed by atoms with Gasteiger partial charge in [-0.3, -0.25) is 4.79 Å². The van der Waals surface area contributed by atoms with Gasteiger partial charge >= 0.3 is 0 Å². The fourth-order valence-electron chi connectivity index (χ4n) is 1.93. The summed E-state index contributed by atoms with van der Waals surface area (Å²) >= 11 is 3.28. The Balaban J connectivity index is 2.30. The van der Waals surface area contributed by atoms with Gasteiger partial charge in [-0.25, -0.2) is 0 Å². The highest BCUT2D eigenvalue weighted by Crippen LogP contribution is 2.29. The van der Waals surface area contributed by atoms with E-state index in [1.807, 2.05) is 13.0 Å². The number of amides is 1. The number of nitrogens with two attached hydrogens (primary N) is 1. The molecule has 0 aliphatic rings. The summed E-state index contributed by atoms with van der Waals surface area (Å²) in [5.74, 6) is -0.237. The van der Waals surface area contributed by atoms with Gasteiger partial charge in [0.25, 0.3) is 5.91 Å². The van der Waals surface area contributed by atoms with Crippen molar-refractivity contribution < 1.29 is 9.90 Å². The summed E-state index contributed by atoms with van der Waals surface area (Å²) in [6, 6.07) is 8.53. The Morgan fingerprint density at radius 1 is 1.25 bits per heavy atom. The summed E-state index contributed by atoms with van der Waals surface area (Å²) in [6.45, 7) is 3.69. The van der Waals surface area contributed by atoms with E-state index in [9.17, 15) is 9.90 Å². The molecule has 0 bridgehead atoms. The van der Waals surface area contributed by atoms with Crippen LogP contribution in [0.25, 0.3) is 0 Å². The second kappa shape index (κ2) is 5.54. The van der Waals surface area contributed by atoms with Gasteiger partial charge in [0, 0.05) is 15.7 Å². The fourth-order valence-corrected chi connectivity index (χ4v) is 2.18. The number of carbonyl (C=O) groups is 1. The van der Waals surface area contributed by atoms with E-state index in [1.165, 1.54) is 0 Å². The smallest absolute Gasteiger partial charge is 0.255 e.